The number of fused-ring (bicyclic) bond motifs is 1. The van der Waals surface area contributed by atoms with Crippen LogP contribution in [0.3, 0.4) is 0 Å². The molecule has 0 radical (unpaired) electrons. The molecule has 0 bridgehead atoms. The van der Waals surface area contributed by atoms with Crippen molar-refractivity contribution in [2.45, 2.75) is 33.1 Å². The molecule has 2 N–H and O–H groups in total. The molecule has 0 fully saturated rings. The fourth-order valence-corrected chi connectivity index (χ4v) is 2.19. The molecule has 0 aliphatic heterocycles. The second kappa shape index (κ2) is 2.76. The van der Waals surface area contributed by atoms with Gasteiger partial charge in [-0.05, 0) is 41.9 Å². The molecular formula is C12H17N. The largest absolute Gasteiger partial charge is 0.398 e. The fraction of sp³-hybridized carbons (Fsp3) is 0.500. The van der Waals surface area contributed by atoms with E-state index in [0.717, 1.165) is 12.1 Å². The van der Waals surface area contributed by atoms with Crippen LogP contribution in [0.2, 0.25) is 0 Å². The smallest absolute Gasteiger partial charge is 0.0349 e. The second-order valence-corrected chi connectivity index (χ2v) is 4.83. The fourth-order valence-electron chi connectivity index (χ4n) is 2.19. The standard InChI is InChI=1S/C12H17N/c1-12(2)7-6-10-9(8-12)4-3-5-11(10)13/h3-5H,6-8,13H2,1-2H3. The van der Waals surface area contributed by atoms with Gasteiger partial charge < -0.3 is 5.73 Å². The molecule has 1 aromatic rings. The Balaban J connectivity index is 2.42. The molecule has 0 heterocycles. The van der Waals surface area contributed by atoms with Crippen molar-refractivity contribution in [1.82, 2.24) is 0 Å². The van der Waals surface area contributed by atoms with Gasteiger partial charge in [0.05, 0.1) is 0 Å². The minimum atomic E-state index is 0.459. The zero-order chi connectivity index (χ0) is 9.47. The van der Waals surface area contributed by atoms with Crippen molar-refractivity contribution >= 4 is 5.69 Å². The van der Waals surface area contributed by atoms with Gasteiger partial charge in [0, 0.05) is 5.69 Å². The van der Waals surface area contributed by atoms with Crippen molar-refractivity contribution in [3.8, 4) is 0 Å². The maximum Gasteiger partial charge on any atom is 0.0349 e. The van der Waals surface area contributed by atoms with Crippen LogP contribution in [0.1, 0.15) is 31.4 Å². The molecule has 0 aromatic heterocycles. The maximum absolute atomic E-state index is 5.93. The van der Waals surface area contributed by atoms with Crippen molar-refractivity contribution in [2.24, 2.45) is 5.41 Å². The second-order valence-electron chi connectivity index (χ2n) is 4.83. The average molecular weight is 175 g/mol. The highest BCUT2D eigenvalue weighted by molar-refractivity contribution is 5.52. The lowest BCUT2D eigenvalue weighted by molar-refractivity contribution is 0.316. The monoisotopic (exact) mass is 175 g/mol. The predicted molar refractivity (Wildman–Crippen MR) is 56.7 cm³/mol. The Kier molecular flexibility index (Phi) is 1.83. The number of hydrogen-bond donors (Lipinski definition) is 1. The van der Waals surface area contributed by atoms with E-state index in [9.17, 15) is 0 Å². The lowest BCUT2D eigenvalue weighted by Gasteiger charge is -2.31. The molecule has 1 aliphatic rings. The molecule has 1 nitrogen and oxygen atoms in total. The molecule has 1 aliphatic carbocycles. The number of rotatable bonds is 0. The van der Waals surface area contributed by atoms with Crippen LogP contribution < -0.4 is 5.73 Å². The van der Waals surface area contributed by atoms with E-state index in [1.165, 1.54) is 24.0 Å². The number of anilines is 1. The van der Waals surface area contributed by atoms with Crippen LogP contribution in [0.25, 0.3) is 0 Å². The summed E-state index contributed by atoms with van der Waals surface area (Å²) >= 11 is 0. The summed E-state index contributed by atoms with van der Waals surface area (Å²) < 4.78 is 0. The van der Waals surface area contributed by atoms with Gasteiger partial charge in [-0.25, -0.2) is 0 Å². The molecule has 13 heavy (non-hydrogen) atoms. The van der Waals surface area contributed by atoms with Crippen molar-refractivity contribution in [3.05, 3.63) is 29.3 Å². The van der Waals surface area contributed by atoms with Crippen LogP contribution in [0, 0.1) is 5.41 Å². The number of nitrogens with two attached hydrogens (primary N) is 1. The Morgan fingerprint density at radius 2 is 2.08 bits per heavy atom. The summed E-state index contributed by atoms with van der Waals surface area (Å²) in [7, 11) is 0. The Hall–Kier alpha value is -0.980. The summed E-state index contributed by atoms with van der Waals surface area (Å²) in [6.45, 7) is 4.66. The highest BCUT2D eigenvalue weighted by Crippen LogP contribution is 2.36. The minimum Gasteiger partial charge on any atom is -0.398 e. The molecule has 0 amide bonds. The van der Waals surface area contributed by atoms with Crippen LogP contribution in [0.4, 0.5) is 5.69 Å². The number of benzene rings is 1. The van der Waals surface area contributed by atoms with E-state index >= 15 is 0 Å². The lowest BCUT2D eigenvalue weighted by Crippen LogP contribution is -2.22. The van der Waals surface area contributed by atoms with Crippen LogP contribution in [0.5, 0.6) is 0 Å². The van der Waals surface area contributed by atoms with Crippen molar-refractivity contribution < 1.29 is 0 Å². The van der Waals surface area contributed by atoms with Gasteiger partial charge in [-0.1, -0.05) is 26.0 Å². The Labute approximate surface area is 80.0 Å². The Morgan fingerprint density at radius 1 is 1.31 bits per heavy atom. The summed E-state index contributed by atoms with van der Waals surface area (Å²) in [5, 5.41) is 0. The highest BCUT2D eigenvalue weighted by Gasteiger charge is 2.25. The summed E-state index contributed by atoms with van der Waals surface area (Å²) in [6.07, 6.45) is 3.58. The molecule has 0 unspecified atom stereocenters. The average Bonchev–Trinajstić information content (AvgIpc) is 2.02. The van der Waals surface area contributed by atoms with Gasteiger partial charge in [0.25, 0.3) is 0 Å². The van der Waals surface area contributed by atoms with Crippen LogP contribution in [-0.2, 0) is 12.8 Å². The molecule has 2 rings (SSSR count). The lowest BCUT2D eigenvalue weighted by atomic mass is 9.74. The maximum atomic E-state index is 5.93. The Bertz CT molecular complexity index is 326. The number of nitrogen functional groups attached to an aromatic ring is 1. The molecule has 70 valence electrons. The third-order valence-electron chi connectivity index (χ3n) is 3.03. The zero-order valence-corrected chi connectivity index (χ0v) is 8.43. The van der Waals surface area contributed by atoms with E-state index in [-0.39, 0.29) is 0 Å². The molecule has 0 saturated heterocycles. The van der Waals surface area contributed by atoms with Gasteiger partial charge in [0.15, 0.2) is 0 Å². The van der Waals surface area contributed by atoms with Gasteiger partial charge in [0.1, 0.15) is 0 Å². The van der Waals surface area contributed by atoms with Crippen molar-refractivity contribution in [3.63, 3.8) is 0 Å². The first-order valence-electron chi connectivity index (χ1n) is 4.95. The van der Waals surface area contributed by atoms with Crippen molar-refractivity contribution in [1.29, 1.82) is 0 Å². The summed E-state index contributed by atoms with van der Waals surface area (Å²) in [5.41, 5.74) is 10.2. The van der Waals surface area contributed by atoms with Gasteiger partial charge in [-0.2, -0.15) is 0 Å². The van der Waals surface area contributed by atoms with Crippen LogP contribution in [0.15, 0.2) is 18.2 Å². The van der Waals surface area contributed by atoms with E-state index in [2.05, 4.69) is 26.0 Å². The molecule has 0 spiro atoms. The SMILES string of the molecule is CC1(C)CCc2c(N)cccc2C1. The van der Waals surface area contributed by atoms with E-state index in [4.69, 9.17) is 5.73 Å². The van der Waals surface area contributed by atoms with Crippen LogP contribution >= 0.6 is 0 Å². The molecule has 1 heteroatoms. The van der Waals surface area contributed by atoms with Gasteiger partial charge in [-0.15, -0.1) is 0 Å². The summed E-state index contributed by atoms with van der Waals surface area (Å²) in [6, 6.07) is 6.29. The van der Waals surface area contributed by atoms with Gasteiger partial charge >= 0.3 is 0 Å². The summed E-state index contributed by atoms with van der Waals surface area (Å²) in [5.74, 6) is 0. The molecule has 0 atom stereocenters. The third kappa shape index (κ3) is 1.55. The van der Waals surface area contributed by atoms with Gasteiger partial charge in [-0.3, -0.25) is 0 Å². The first-order valence-corrected chi connectivity index (χ1v) is 4.95. The molecule has 1 aromatic carbocycles. The van der Waals surface area contributed by atoms with Crippen molar-refractivity contribution in [2.75, 3.05) is 5.73 Å². The quantitative estimate of drug-likeness (QED) is 0.603. The normalized spacial score (nSPS) is 19.5. The van der Waals surface area contributed by atoms with Crippen LogP contribution in [-0.4, -0.2) is 0 Å². The number of hydrogen-bond acceptors (Lipinski definition) is 1. The molecule has 0 saturated carbocycles. The predicted octanol–water partition coefficient (Wildman–Crippen LogP) is 2.78. The highest BCUT2D eigenvalue weighted by atomic mass is 14.6. The van der Waals surface area contributed by atoms with Gasteiger partial charge in [0.2, 0.25) is 0 Å². The first-order chi connectivity index (χ1) is 6.08. The van der Waals surface area contributed by atoms with E-state index in [1.54, 1.807) is 0 Å². The third-order valence-corrected chi connectivity index (χ3v) is 3.03. The first kappa shape index (κ1) is 8.61. The Morgan fingerprint density at radius 3 is 2.85 bits per heavy atom. The summed E-state index contributed by atoms with van der Waals surface area (Å²) in [4.78, 5) is 0. The van der Waals surface area contributed by atoms with E-state index in [1.807, 2.05) is 6.07 Å². The molecular weight excluding hydrogens is 158 g/mol. The zero-order valence-electron chi connectivity index (χ0n) is 8.43. The minimum absolute atomic E-state index is 0.459. The van der Waals surface area contributed by atoms with E-state index < -0.39 is 0 Å². The van der Waals surface area contributed by atoms with E-state index in [0.29, 0.717) is 5.41 Å². The topological polar surface area (TPSA) is 26.0 Å².